The molecule has 10 heteroatoms. The Morgan fingerprint density at radius 3 is 2.29 bits per heavy atom. The summed E-state index contributed by atoms with van der Waals surface area (Å²) in [5, 5.41) is 49.3. The first kappa shape index (κ1) is 37.3. The molecule has 1 amide bonds. The summed E-state index contributed by atoms with van der Waals surface area (Å²) < 4.78 is 0. The zero-order valence-corrected chi connectivity index (χ0v) is 29.8. The zero-order chi connectivity index (χ0) is 37.4. The normalized spacial score (nSPS) is 17.1. The van der Waals surface area contributed by atoms with Gasteiger partial charge >= 0.3 is 5.97 Å². The Kier molecular flexibility index (Phi) is 11.7. The first-order chi connectivity index (χ1) is 24.9. The van der Waals surface area contributed by atoms with E-state index in [1.54, 1.807) is 35.6 Å². The van der Waals surface area contributed by atoms with Crippen molar-refractivity contribution in [3.05, 3.63) is 154 Å². The second-order valence-corrected chi connectivity index (χ2v) is 13.6. The van der Waals surface area contributed by atoms with Crippen LogP contribution in [0.15, 0.2) is 144 Å². The fraction of sp³-hybridized carbons (Fsp3) is 0.167. The molecule has 0 spiro atoms. The first-order valence-corrected chi connectivity index (χ1v) is 17.5. The van der Waals surface area contributed by atoms with Gasteiger partial charge in [0, 0.05) is 39.8 Å². The van der Waals surface area contributed by atoms with E-state index >= 15 is 0 Å². The molecule has 3 aromatic carbocycles. The number of aliphatic hydroxyl groups is 3. The zero-order valence-electron chi connectivity index (χ0n) is 29.0. The quantitative estimate of drug-likeness (QED) is 0.0437. The number of hydrogen-bond acceptors (Lipinski definition) is 8. The van der Waals surface area contributed by atoms with Crippen LogP contribution >= 0.6 is 11.3 Å². The van der Waals surface area contributed by atoms with Gasteiger partial charge in [-0.1, -0.05) is 61.2 Å². The van der Waals surface area contributed by atoms with Gasteiger partial charge in [-0.15, -0.1) is 11.3 Å². The van der Waals surface area contributed by atoms with E-state index in [-0.39, 0.29) is 29.0 Å². The largest absolute Gasteiger partial charge is 0.509 e. The van der Waals surface area contributed by atoms with E-state index < -0.39 is 23.2 Å². The second-order valence-electron chi connectivity index (χ2n) is 12.5. The molecule has 1 aromatic heterocycles. The number of nitrogens with zero attached hydrogens (tertiary/aromatic N) is 1. The van der Waals surface area contributed by atoms with Gasteiger partial charge < -0.3 is 30.6 Å². The number of allylic oxidation sites excluding steroid dienone is 3. The number of benzene rings is 3. The van der Waals surface area contributed by atoms with Gasteiger partial charge in [0.15, 0.2) is 0 Å². The number of aliphatic carboxylic acids is 1. The van der Waals surface area contributed by atoms with E-state index in [4.69, 9.17) is 15.6 Å². The Labute approximate surface area is 307 Å². The molecule has 2 heterocycles. The van der Waals surface area contributed by atoms with Gasteiger partial charge in [0.05, 0.1) is 16.9 Å². The molecule has 6 N–H and O–H groups in total. The third kappa shape index (κ3) is 8.84. The van der Waals surface area contributed by atoms with Gasteiger partial charge in [0.25, 0.3) is 5.91 Å². The smallest absolute Gasteiger partial charge is 0.339 e. The van der Waals surface area contributed by atoms with Gasteiger partial charge in [-0.3, -0.25) is 10.2 Å². The van der Waals surface area contributed by atoms with Crippen molar-refractivity contribution in [2.45, 2.75) is 38.7 Å². The van der Waals surface area contributed by atoms with E-state index in [1.807, 2.05) is 30.3 Å². The summed E-state index contributed by atoms with van der Waals surface area (Å²) in [4.78, 5) is 27.9. The van der Waals surface area contributed by atoms with Crippen molar-refractivity contribution >= 4 is 52.1 Å². The summed E-state index contributed by atoms with van der Waals surface area (Å²) in [6.07, 6.45) is 8.30. The molecule has 52 heavy (non-hydrogen) atoms. The molecule has 1 aliphatic carbocycles. The Hall–Kier alpha value is -5.97. The summed E-state index contributed by atoms with van der Waals surface area (Å²) in [7, 11) is 0. The van der Waals surface area contributed by atoms with Crippen LogP contribution in [0.25, 0.3) is 16.5 Å². The van der Waals surface area contributed by atoms with Gasteiger partial charge in [0.2, 0.25) is 0 Å². The number of aliphatic hydroxyl groups excluding tert-OH is 2. The molecule has 266 valence electrons. The number of carboxylic acid groups (broad SMARTS) is 1. The molecule has 0 fully saturated rings. The molecule has 4 aromatic rings. The number of para-hydroxylation sites is 2. The number of hydrogen-bond donors (Lipinski definition) is 6. The topological polar surface area (TPSA) is 154 Å². The van der Waals surface area contributed by atoms with Gasteiger partial charge in [-0.05, 0) is 104 Å². The van der Waals surface area contributed by atoms with Gasteiger partial charge in [0.1, 0.15) is 17.1 Å². The van der Waals surface area contributed by atoms with Crippen LogP contribution in [0.1, 0.15) is 37.1 Å². The van der Waals surface area contributed by atoms with Gasteiger partial charge in [-0.2, -0.15) is 0 Å². The Morgan fingerprint density at radius 1 is 0.981 bits per heavy atom. The maximum Gasteiger partial charge on any atom is 0.339 e. The number of nitrogens with one attached hydrogen (secondary N) is 2. The molecular formula is C42H41N3O6S. The number of fused-ring (bicyclic) bond motifs is 1. The number of carbonyl (C=O) groups is 2. The molecule has 1 unspecified atom stereocenters. The molecule has 2 aliphatic rings. The number of rotatable bonds is 9. The van der Waals surface area contributed by atoms with Crippen molar-refractivity contribution in [1.29, 1.82) is 5.41 Å². The summed E-state index contributed by atoms with van der Waals surface area (Å²) in [5.41, 5.74) is 4.46. The van der Waals surface area contributed by atoms with E-state index in [1.165, 1.54) is 42.9 Å². The predicted molar refractivity (Wildman–Crippen MR) is 209 cm³/mol. The fourth-order valence-electron chi connectivity index (χ4n) is 5.84. The van der Waals surface area contributed by atoms with Crippen molar-refractivity contribution in [2.75, 3.05) is 16.8 Å². The van der Waals surface area contributed by atoms with E-state index in [0.29, 0.717) is 11.3 Å². The number of anilines is 3. The third-order valence-electron chi connectivity index (χ3n) is 8.69. The molecule has 0 bridgehead atoms. The van der Waals surface area contributed by atoms with E-state index in [0.717, 1.165) is 34.7 Å². The maximum atomic E-state index is 13.5. The summed E-state index contributed by atoms with van der Waals surface area (Å²) in [5.74, 6) is -2.23. The molecule has 1 aliphatic heterocycles. The van der Waals surface area contributed by atoms with Crippen LogP contribution in [0.5, 0.6) is 0 Å². The van der Waals surface area contributed by atoms with E-state index in [2.05, 4.69) is 65.3 Å². The van der Waals surface area contributed by atoms with Crippen LogP contribution in [0.3, 0.4) is 0 Å². The lowest BCUT2D eigenvalue weighted by Gasteiger charge is -2.31. The molecule has 0 saturated carbocycles. The van der Waals surface area contributed by atoms with Crippen molar-refractivity contribution in [1.82, 2.24) is 0 Å². The number of amides is 1. The number of carboxylic acids is 1. The van der Waals surface area contributed by atoms with Crippen LogP contribution in [-0.2, 0) is 16.0 Å². The van der Waals surface area contributed by atoms with Crippen molar-refractivity contribution in [2.24, 2.45) is 0 Å². The number of aryl methyl sites for hydroxylation is 1. The van der Waals surface area contributed by atoms with E-state index in [9.17, 15) is 19.8 Å². The van der Waals surface area contributed by atoms with Crippen molar-refractivity contribution in [3.8, 4) is 10.4 Å². The summed E-state index contributed by atoms with van der Waals surface area (Å²) >= 11 is 1.56. The highest BCUT2D eigenvalue weighted by atomic mass is 32.1. The third-order valence-corrected chi connectivity index (χ3v) is 9.77. The molecule has 9 nitrogen and oxygen atoms in total. The molecule has 0 saturated heterocycles. The average molecular weight is 716 g/mol. The summed E-state index contributed by atoms with van der Waals surface area (Å²) in [6, 6.07) is 30.2. The van der Waals surface area contributed by atoms with Crippen molar-refractivity contribution < 1.29 is 30.0 Å². The number of thiophene rings is 1. The lowest BCUT2D eigenvalue weighted by atomic mass is 9.88. The second kappa shape index (κ2) is 16.4. The predicted octanol–water partition coefficient (Wildman–Crippen LogP) is 9.15. The average Bonchev–Trinajstić information content (AvgIpc) is 3.61. The Morgan fingerprint density at radius 2 is 1.67 bits per heavy atom. The highest BCUT2D eigenvalue weighted by molar-refractivity contribution is 7.16. The monoisotopic (exact) mass is 715 g/mol. The minimum absolute atomic E-state index is 0.0276. The Balaban J connectivity index is 0.000000515. The van der Waals surface area contributed by atoms with Crippen LogP contribution in [-0.4, -0.2) is 50.2 Å². The first-order valence-electron chi connectivity index (χ1n) is 16.7. The van der Waals surface area contributed by atoms with Crippen LogP contribution in [0, 0.1) is 5.41 Å². The molecule has 0 radical (unpaired) electrons. The van der Waals surface area contributed by atoms with Gasteiger partial charge in [-0.25, -0.2) is 4.79 Å². The molecule has 6 rings (SSSR count). The molecular weight excluding hydrogens is 675 g/mol. The van der Waals surface area contributed by atoms with Crippen LogP contribution in [0.2, 0.25) is 0 Å². The SMILES string of the molecule is C=C(O)/C(=C\C)C(=O)O.CC1(O)CC=C(C(=N)/C(=C/c2ccc(-c3ccc4c(c3)CCCN4c3ccccc3)s2)C(=O)Nc2ccccc2)C=C1O. The standard InChI is InChI=1S/C36H33N3O3S.C6H8O3/c1-36(42)19-18-26(22-33(36)40)34(37)30(35(41)38-27-10-4-2-5-11-27)23-29-15-17-32(43-29)25-14-16-31-24(21-25)9-8-20-39(31)28-12-6-3-7-13-28;1-3-5(4(2)7)6(8)9/h2-7,10-18,21-23,37,40,42H,8-9,19-20H2,1H3,(H,38,41);3,7H,2H2,1H3,(H,8,9)/b30-23-,37-34?;5-3+. The lowest BCUT2D eigenvalue weighted by molar-refractivity contribution is -0.132. The molecule has 1 atom stereocenters. The van der Waals surface area contributed by atoms with Crippen LogP contribution in [0.4, 0.5) is 17.1 Å². The van der Waals surface area contributed by atoms with Crippen molar-refractivity contribution in [3.63, 3.8) is 0 Å². The highest BCUT2D eigenvalue weighted by Gasteiger charge is 2.30. The van der Waals surface area contributed by atoms with Crippen LogP contribution < -0.4 is 10.2 Å². The maximum absolute atomic E-state index is 13.5. The minimum atomic E-state index is -1.39. The highest BCUT2D eigenvalue weighted by Crippen LogP contribution is 2.38. The summed E-state index contributed by atoms with van der Waals surface area (Å²) in [6.45, 7) is 7.08. The Bertz CT molecular complexity index is 2090. The fourth-order valence-corrected chi connectivity index (χ4v) is 6.79. The minimum Gasteiger partial charge on any atom is -0.509 e. The number of carbonyl (C=O) groups excluding carboxylic acids is 1. The lowest BCUT2D eigenvalue weighted by Crippen LogP contribution is -2.30.